The summed E-state index contributed by atoms with van der Waals surface area (Å²) >= 11 is 0. The Morgan fingerprint density at radius 3 is 1.38 bits per heavy atom. The number of carboxylic acid groups (broad SMARTS) is 1. The van der Waals surface area contributed by atoms with Gasteiger partial charge in [0, 0.05) is 69.8 Å². The molecule has 2 aromatic heterocycles. The summed E-state index contributed by atoms with van der Waals surface area (Å²) < 4.78 is 38.7. The van der Waals surface area contributed by atoms with Crippen LogP contribution in [0.2, 0.25) is 0 Å². The number of nitrogens with one attached hydrogen (secondary N) is 1. The number of aliphatic carboxylic acids is 1. The average Bonchev–Trinajstić information content (AvgIpc) is 2.78. The van der Waals surface area contributed by atoms with Crippen molar-refractivity contribution in [2.24, 2.45) is 17.6 Å². The standard InChI is InChI=1S/C35H44FN3O4.C18H21NO2.C17H25FN2O3/c1-22(2)15-31(39-19-28(25(5)16-32(39)40)13-14-38-20-29(36)21-38)35(42)37-30(18-33(41)43-6)26-11-8-12-27(17-26)34-23(3)9-7-10-24(34)4;1-12-6-4-7-13(2)18(12)15-9-5-8-14(10-15)16(19)11-17(20)21-3;1-11(2)6-15(17(22)23)20-8-13(12(3)7-16(20)21)4-5-19-9-14(18)10-19/h7-12,16-17,19,22,29-31H,13-15,18,20-21H2,1-6H3,(H,37,42);4-10,16H,11,19H2,1-3H3;7-8,11,14-15H,4-6,9-10H2,1-3H3,(H,22,23)/t30-,31?;16-;/m00./s1. The van der Waals surface area contributed by atoms with Gasteiger partial charge in [-0.05, 0) is 169 Å². The number of alkyl halides is 2. The predicted molar refractivity (Wildman–Crippen MR) is 339 cm³/mol. The Labute approximate surface area is 511 Å². The van der Waals surface area contributed by atoms with Crippen LogP contribution in [0.4, 0.5) is 8.78 Å². The molecule has 4 N–H and O–H groups in total. The number of halogens is 2. The first-order valence-corrected chi connectivity index (χ1v) is 30.2. The molecule has 4 aromatic carbocycles. The average molecular weight is 1200 g/mol. The molecule has 2 aliphatic rings. The molecule has 0 bridgehead atoms. The number of hydrogen-bond donors (Lipinski definition) is 3. The lowest BCUT2D eigenvalue weighted by molar-refractivity contribution is -0.142. The quantitative estimate of drug-likeness (QED) is 0.0515. The van der Waals surface area contributed by atoms with Crippen LogP contribution in [-0.2, 0) is 41.5 Å². The molecule has 87 heavy (non-hydrogen) atoms. The highest BCUT2D eigenvalue weighted by Crippen LogP contribution is 2.32. The van der Waals surface area contributed by atoms with Crippen molar-refractivity contribution in [2.45, 2.75) is 144 Å². The number of carbonyl (C=O) groups is 4. The smallest absolute Gasteiger partial charge is 0.326 e. The van der Waals surface area contributed by atoms with Gasteiger partial charge in [-0.2, -0.15) is 0 Å². The molecule has 2 saturated heterocycles. The van der Waals surface area contributed by atoms with Crippen LogP contribution in [0.15, 0.2) is 119 Å². The van der Waals surface area contributed by atoms with Gasteiger partial charge in [-0.15, -0.1) is 0 Å². The first-order chi connectivity index (χ1) is 41.3. The molecule has 2 fully saturated rings. The third-order valence-corrected chi connectivity index (χ3v) is 16.3. The topological polar surface area (TPSA) is 196 Å². The zero-order valence-electron chi connectivity index (χ0n) is 52.8. The minimum absolute atomic E-state index is 0.0493. The van der Waals surface area contributed by atoms with E-state index in [2.05, 4.69) is 80.2 Å². The van der Waals surface area contributed by atoms with E-state index in [9.17, 15) is 42.7 Å². The molecule has 1 amide bonds. The summed E-state index contributed by atoms with van der Waals surface area (Å²) in [5, 5.41) is 12.5. The van der Waals surface area contributed by atoms with E-state index in [1.807, 2.05) is 93.8 Å². The first kappa shape index (κ1) is 68.5. The molecule has 2 unspecified atom stereocenters. The zero-order chi connectivity index (χ0) is 63.8. The van der Waals surface area contributed by atoms with Crippen LogP contribution in [0, 0.1) is 53.4 Å². The number of benzene rings is 4. The highest BCUT2D eigenvalue weighted by Gasteiger charge is 2.30. The van der Waals surface area contributed by atoms with Gasteiger partial charge in [-0.3, -0.25) is 33.8 Å². The Kier molecular flexibility index (Phi) is 25.1. The summed E-state index contributed by atoms with van der Waals surface area (Å²) in [6.45, 7) is 23.2. The summed E-state index contributed by atoms with van der Waals surface area (Å²) in [5.41, 5.74) is 20.1. The number of nitrogens with two attached hydrogens (primary N) is 1. The normalized spacial score (nSPS) is 15.0. The molecule has 4 heterocycles. The third-order valence-electron chi connectivity index (χ3n) is 16.3. The Morgan fingerprint density at radius 2 is 0.966 bits per heavy atom. The Balaban J connectivity index is 0.000000230. The van der Waals surface area contributed by atoms with Gasteiger partial charge >= 0.3 is 17.9 Å². The van der Waals surface area contributed by atoms with E-state index in [4.69, 9.17) is 10.5 Å². The van der Waals surface area contributed by atoms with Crippen LogP contribution in [-0.4, -0.2) is 114 Å². The van der Waals surface area contributed by atoms with Crippen molar-refractivity contribution in [3.63, 3.8) is 0 Å². The van der Waals surface area contributed by atoms with E-state index in [0.717, 1.165) is 67.7 Å². The second-order valence-corrected chi connectivity index (χ2v) is 24.3. The van der Waals surface area contributed by atoms with E-state index >= 15 is 0 Å². The molecule has 2 aliphatic heterocycles. The molecule has 0 aliphatic carbocycles. The van der Waals surface area contributed by atoms with Gasteiger partial charge in [0.15, 0.2) is 0 Å². The number of likely N-dealkylation sites (tertiary alicyclic amines) is 2. The number of esters is 2. The zero-order valence-corrected chi connectivity index (χ0v) is 52.8. The van der Waals surface area contributed by atoms with Gasteiger partial charge in [0.1, 0.15) is 24.4 Å². The SMILES string of the molecule is COC(=O)C[C@H](N)c1cccc(-c2c(C)cccc2C)c1.COC(=O)C[C@H](NC(=O)C(CC(C)C)n1cc(CCN2CC(F)C2)c(C)cc1=O)c1cccc(-c2c(C)cccc2C)c1.Cc1cc(=O)n(C(CC(C)C)C(=O)O)cc1CCN1CC(F)C1. The van der Waals surface area contributed by atoms with Crippen LogP contribution in [0.5, 0.6) is 0 Å². The number of methoxy groups -OCH3 is 2. The molecular formula is C70H90F2N6O9. The van der Waals surface area contributed by atoms with Crippen molar-refractivity contribution < 1.29 is 42.5 Å². The number of hydrogen-bond acceptors (Lipinski definition) is 11. The van der Waals surface area contributed by atoms with Crippen LogP contribution in [0.25, 0.3) is 22.3 Å². The van der Waals surface area contributed by atoms with Crippen LogP contribution >= 0.6 is 0 Å². The van der Waals surface area contributed by atoms with E-state index in [1.54, 1.807) is 18.5 Å². The van der Waals surface area contributed by atoms with Crippen LogP contribution < -0.4 is 22.2 Å². The van der Waals surface area contributed by atoms with Crippen molar-refractivity contribution in [3.8, 4) is 22.3 Å². The molecule has 468 valence electrons. The number of aryl methyl sites for hydroxylation is 6. The minimum atomic E-state index is -0.987. The highest BCUT2D eigenvalue weighted by atomic mass is 19.1. The molecule has 8 rings (SSSR count). The number of rotatable bonds is 23. The lowest BCUT2D eigenvalue weighted by Gasteiger charge is -2.34. The van der Waals surface area contributed by atoms with Crippen molar-refractivity contribution in [2.75, 3.05) is 53.5 Å². The summed E-state index contributed by atoms with van der Waals surface area (Å²) in [5.74, 6) is -1.75. The maximum Gasteiger partial charge on any atom is 0.326 e. The fourth-order valence-corrected chi connectivity index (χ4v) is 11.4. The highest BCUT2D eigenvalue weighted by molar-refractivity contribution is 5.82. The number of pyridine rings is 2. The number of carboxylic acids is 1. The van der Waals surface area contributed by atoms with Gasteiger partial charge in [-0.25, -0.2) is 13.6 Å². The van der Waals surface area contributed by atoms with Crippen molar-refractivity contribution in [3.05, 3.63) is 186 Å². The van der Waals surface area contributed by atoms with Crippen LogP contribution in [0.1, 0.15) is 133 Å². The number of ether oxygens (including phenoxy) is 2. The molecular weight excluding hydrogens is 1110 g/mol. The summed E-state index contributed by atoms with van der Waals surface area (Å²) in [7, 11) is 2.71. The lowest BCUT2D eigenvalue weighted by atomic mass is 9.92. The van der Waals surface area contributed by atoms with Gasteiger partial charge in [-0.1, -0.05) is 100 Å². The second-order valence-electron chi connectivity index (χ2n) is 24.3. The maximum atomic E-state index is 14.0. The molecule has 6 aromatic rings. The van der Waals surface area contributed by atoms with Crippen LogP contribution in [0.3, 0.4) is 0 Å². The largest absolute Gasteiger partial charge is 0.480 e. The van der Waals surface area contributed by atoms with Gasteiger partial charge in [0.05, 0.1) is 33.1 Å². The summed E-state index contributed by atoms with van der Waals surface area (Å²) in [6, 6.07) is 28.8. The van der Waals surface area contributed by atoms with Crippen molar-refractivity contribution >= 4 is 23.8 Å². The minimum Gasteiger partial charge on any atom is -0.480 e. The van der Waals surface area contributed by atoms with Crippen molar-refractivity contribution in [1.82, 2.24) is 24.3 Å². The first-order valence-electron chi connectivity index (χ1n) is 30.2. The molecule has 15 nitrogen and oxygen atoms in total. The van der Waals surface area contributed by atoms with Crippen molar-refractivity contribution in [1.29, 1.82) is 0 Å². The predicted octanol–water partition coefficient (Wildman–Crippen LogP) is 11.2. The number of amides is 1. The molecule has 4 atom stereocenters. The lowest BCUT2D eigenvalue weighted by Crippen LogP contribution is -2.49. The van der Waals surface area contributed by atoms with Gasteiger partial charge in [0.25, 0.3) is 11.1 Å². The third kappa shape index (κ3) is 19.2. The Bertz CT molecular complexity index is 3420. The maximum absolute atomic E-state index is 14.0. The van der Waals surface area contributed by atoms with E-state index in [1.165, 1.54) is 46.1 Å². The van der Waals surface area contributed by atoms with E-state index < -0.39 is 42.4 Å². The fraction of sp³-hybridized carbons (Fsp3) is 0.457. The van der Waals surface area contributed by atoms with E-state index in [-0.39, 0.29) is 53.7 Å². The summed E-state index contributed by atoms with van der Waals surface area (Å²) in [4.78, 5) is 79.0. The van der Waals surface area contributed by atoms with Gasteiger partial charge in [0.2, 0.25) is 5.91 Å². The fourth-order valence-electron chi connectivity index (χ4n) is 11.4. The molecule has 0 radical (unpaired) electrons. The second kappa shape index (κ2) is 31.9. The molecule has 0 spiro atoms. The Hall–Kier alpha value is -7.60. The van der Waals surface area contributed by atoms with E-state index in [0.29, 0.717) is 58.4 Å². The summed E-state index contributed by atoms with van der Waals surface area (Å²) in [6.07, 6.45) is 4.29. The Morgan fingerprint density at radius 1 is 0.575 bits per heavy atom. The molecule has 0 saturated carbocycles. The monoisotopic (exact) mass is 1200 g/mol. The number of nitrogens with zero attached hydrogens (tertiary/aromatic N) is 4. The van der Waals surface area contributed by atoms with Gasteiger partial charge < -0.3 is 34.8 Å². The number of aromatic nitrogens is 2. The molecule has 17 heteroatoms. The number of carbonyl (C=O) groups excluding carboxylic acids is 3.